The molecule has 128 valence electrons. The minimum absolute atomic E-state index is 0.240. The third-order valence-corrected chi connectivity index (χ3v) is 3.99. The third kappa shape index (κ3) is 2.83. The summed E-state index contributed by atoms with van der Waals surface area (Å²) in [6, 6.07) is 6.10. The zero-order chi connectivity index (χ0) is 17.7. The first-order chi connectivity index (χ1) is 11.1. The van der Waals surface area contributed by atoms with Crippen LogP contribution in [0.25, 0.3) is 11.0 Å². The van der Waals surface area contributed by atoms with E-state index in [0.717, 1.165) is 0 Å². The molecule has 6 heteroatoms. The maximum atomic E-state index is 13.1. The predicted octanol–water partition coefficient (Wildman–Crippen LogP) is 2.91. The summed E-state index contributed by atoms with van der Waals surface area (Å²) in [5.41, 5.74) is -0.514. The molecule has 2 heterocycles. The van der Waals surface area contributed by atoms with Gasteiger partial charge < -0.3 is 18.6 Å². The van der Waals surface area contributed by atoms with E-state index in [1.165, 1.54) is 19.2 Å². The van der Waals surface area contributed by atoms with Crippen LogP contribution in [0.15, 0.2) is 33.5 Å². The maximum Gasteiger partial charge on any atom is 0.336 e. The van der Waals surface area contributed by atoms with Gasteiger partial charge in [-0.3, -0.25) is 4.79 Å². The molecule has 1 saturated heterocycles. The van der Waals surface area contributed by atoms with Crippen molar-refractivity contribution in [2.45, 2.75) is 45.2 Å². The summed E-state index contributed by atoms with van der Waals surface area (Å²) >= 11 is 0. The fourth-order valence-electron chi connectivity index (χ4n) is 3.11. The Labute approximate surface area is 139 Å². The van der Waals surface area contributed by atoms with Gasteiger partial charge in [-0.25, -0.2) is 4.79 Å². The van der Waals surface area contributed by atoms with Gasteiger partial charge in [-0.2, -0.15) is 0 Å². The first-order valence-electron chi connectivity index (χ1n) is 7.67. The van der Waals surface area contributed by atoms with Crippen molar-refractivity contribution in [2.75, 3.05) is 7.11 Å². The number of benzene rings is 1. The van der Waals surface area contributed by atoms with Gasteiger partial charge in [0.1, 0.15) is 11.3 Å². The van der Waals surface area contributed by atoms with E-state index < -0.39 is 23.1 Å². The van der Waals surface area contributed by atoms with Crippen molar-refractivity contribution in [1.82, 2.24) is 0 Å². The maximum absolute atomic E-state index is 13.1. The largest absolute Gasteiger partial charge is 0.496 e. The summed E-state index contributed by atoms with van der Waals surface area (Å²) in [7, 11) is 1.46. The molecule has 0 saturated carbocycles. The van der Waals surface area contributed by atoms with Gasteiger partial charge in [-0.15, -0.1) is 0 Å². The van der Waals surface area contributed by atoms with Gasteiger partial charge in [-0.1, -0.05) is 0 Å². The molecule has 1 aromatic heterocycles. The van der Waals surface area contributed by atoms with E-state index in [4.69, 9.17) is 18.6 Å². The Kier molecular flexibility index (Phi) is 3.77. The Bertz CT molecular complexity index is 861. The fraction of sp³-hybridized carbons (Fsp3) is 0.444. The van der Waals surface area contributed by atoms with Crippen LogP contribution in [0.1, 0.15) is 38.1 Å². The van der Waals surface area contributed by atoms with Gasteiger partial charge in [0, 0.05) is 17.5 Å². The lowest BCUT2D eigenvalue weighted by Gasteiger charge is -2.23. The van der Waals surface area contributed by atoms with Gasteiger partial charge in [0.05, 0.1) is 18.3 Å². The number of Topliss-reactive ketones (excluding diaryl/α,β-unsaturated/α-hetero) is 1. The molecule has 1 atom stereocenters. The average molecular weight is 332 g/mol. The number of carbonyl (C=O) groups is 1. The Hall–Kier alpha value is -2.18. The zero-order valence-corrected chi connectivity index (χ0v) is 14.3. The second-order valence-electron chi connectivity index (χ2n) is 6.81. The standard InChI is InChI=1S/C18H20O6/c1-17(2)16(23-18(3,4)24-17)15(20)11-8-10-6-7-14(19)22-12(10)9-13(11)21-5/h6-9,16H,1-5H3/t16-/m0/s1. The van der Waals surface area contributed by atoms with Crippen LogP contribution in [0.2, 0.25) is 0 Å². The molecule has 0 unspecified atom stereocenters. The highest BCUT2D eigenvalue weighted by molar-refractivity contribution is 6.05. The number of methoxy groups -OCH3 is 1. The summed E-state index contributed by atoms with van der Waals surface area (Å²) in [4.78, 5) is 24.4. The minimum atomic E-state index is -0.847. The first kappa shape index (κ1) is 16.7. The van der Waals surface area contributed by atoms with E-state index in [-0.39, 0.29) is 5.78 Å². The molecule has 1 aliphatic heterocycles. The molecule has 1 fully saturated rings. The number of hydrogen-bond acceptors (Lipinski definition) is 6. The first-order valence-corrected chi connectivity index (χ1v) is 7.67. The van der Waals surface area contributed by atoms with Crippen molar-refractivity contribution in [1.29, 1.82) is 0 Å². The summed E-state index contributed by atoms with van der Waals surface area (Å²) in [6.45, 7) is 7.18. The monoisotopic (exact) mass is 332 g/mol. The summed E-state index contributed by atoms with van der Waals surface area (Å²) in [5, 5.41) is 0.634. The molecule has 6 nitrogen and oxygen atoms in total. The van der Waals surface area contributed by atoms with Crippen LogP contribution in [-0.4, -0.2) is 30.4 Å². The van der Waals surface area contributed by atoms with Crippen molar-refractivity contribution < 1.29 is 23.4 Å². The average Bonchev–Trinajstić information content (AvgIpc) is 2.72. The molecule has 0 bridgehead atoms. The molecule has 2 aromatic rings. The normalized spacial score (nSPS) is 21.8. The van der Waals surface area contributed by atoms with Gasteiger partial charge in [0.25, 0.3) is 0 Å². The lowest BCUT2D eigenvalue weighted by Crippen LogP contribution is -2.39. The molecular weight excluding hydrogens is 312 g/mol. The van der Waals surface area contributed by atoms with Crippen molar-refractivity contribution in [3.05, 3.63) is 40.2 Å². The molecule has 0 aliphatic carbocycles. The van der Waals surface area contributed by atoms with Crippen molar-refractivity contribution >= 4 is 16.8 Å². The zero-order valence-electron chi connectivity index (χ0n) is 14.3. The molecule has 0 spiro atoms. The van der Waals surface area contributed by atoms with E-state index in [2.05, 4.69) is 0 Å². The Morgan fingerprint density at radius 3 is 2.46 bits per heavy atom. The fourth-order valence-corrected chi connectivity index (χ4v) is 3.11. The number of fused-ring (bicyclic) bond motifs is 1. The van der Waals surface area contributed by atoms with Gasteiger partial charge in [0.15, 0.2) is 17.7 Å². The van der Waals surface area contributed by atoms with Crippen LogP contribution in [0.5, 0.6) is 5.75 Å². The molecule has 1 aliphatic rings. The van der Waals surface area contributed by atoms with Crippen molar-refractivity contribution in [2.24, 2.45) is 0 Å². The van der Waals surface area contributed by atoms with Crippen LogP contribution in [0.4, 0.5) is 0 Å². The molecule has 0 amide bonds. The van der Waals surface area contributed by atoms with Gasteiger partial charge in [0.2, 0.25) is 0 Å². The Morgan fingerprint density at radius 1 is 1.17 bits per heavy atom. The second kappa shape index (κ2) is 5.43. The summed E-state index contributed by atoms with van der Waals surface area (Å²) in [5.74, 6) is -0.762. The van der Waals surface area contributed by atoms with E-state index in [1.54, 1.807) is 26.0 Å². The minimum Gasteiger partial charge on any atom is -0.496 e. The number of carbonyl (C=O) groups excluding carboxylic acids is 1. The topological polar surface area (TPSA) is 75.0 Å². The SMILES string of the molecule is COc1cc2oc(=O)ccc2cc1C(=O)[C@@H]1OC(C)(C)OC1(C)C. The number of ether oxygens (including phenoxy) is 3. The van der Waals surface area contributed by atoms with E-state index in [0.29, 0.717) is 22.3 Å². The highest BCUT2D eigenvalue weighted by Gasteiger charge is 2.51. The highest BCUT2D eigenvalue weighted by Crippen LogP contribution is 2.39. The van der Waals surface area contributed by atoms with Crippen LogP contribution in [0.3, 0.4) is 0 Å². The van der Waals surface area contributed by atoms with Crippen LogP contribution < -0.4 is 10.4 Å². The van der Waals surface area contributed by atoms with E-state index in [9.17, 15) is 9.59 Å². The smallest absolute Gasteiger partial charge is 0.336 e. The molecule has 0 N–H and O–H groups in total. The lowest BCUT2D eigenvalue weighted by atomic mass is 9.93. The number of hydrogen-bond donors (Lipinski definition) is 0. The third-order valence-electron chi connectivity index (χ3n) is 3.99. The molecular formula is C18H20O6. The molecule has 1 aromatic carbocycles. The quantitative estimate of drug-likeness (QED) is 0.635. The van der Waals surface area contributed by atoms with Crippen LogP contribution in [0, 0.1) is 0 Å². The summed E-state index contributed by atoms with van der Waals surface area (Å²) in [6.07, 6.45) is -0.769. The number of ketones is 1. The summed E-state index contributed by atoms with van der Waals surface area (Å²) < 4.78 is 22.1. The molecule has 0 radical (unpaired) electrons. The second-order valence-corrected chi connectivity index (χ2v) is 6.81. The molecule has 3 rings (SSSR count). The van der Waals surface area contributed by atoms with E-state index in [1.807, 2.05) is 13.8 Å². The van der Waals surface area contributed by atoms with Crippen molar-refractivity contribution in [3.8, 4) is 5.75 Å². The Balaban J connectivity index is 2.09. The lowest BCUT2D eigenvalue weighted by molar-refractivity contribution is -0.155. The van der Waals surface area contributed by atoms with Crippen molar-refractivity contribution in [3.63, 3.8) is 0 Å². The highest BCUT2D eigenvalue weighted by atomic mass is 16.8. The number of rotatable bonds is 3. The van der Waals surface area contributed by atoms with Crippen LogP contribution in [-0.2, 0) is 9.47 Å². The van der Waals surface area contributed by atoms with E-state index >= 15 is 0 Å². The van der Waals surface area contributed by atoms with Gasteiger partial charge in [-0.05, 0) is 39.8 Å². The van der Waals surface area contributed by atoms with Crippen LogP contribution >= 0.6 is 0 Å². The Morgan fingerprint density at radius 2 is 1.88 bits per heavy atom. The predicted molar refractivity (Wildman–Crippen MR) is 87.5 cm³/mol. The van der Waals surface area contributed by atoms with Gasteiger partial charge >= 0.3 is 5.63 Å². The molecule has 24 heavy (non-hydrogen) atoms.